The Kier molecular flexibility index (Phi) is 5.35. The summed E-state index contributed by atoms with van der Waals surface area (Å²) in [6.45, 7) is 5.54. The zero-order chi connectivity index (χ0) is 18.5. The molecule has 3 rings (SSSR count). The van der Waals surface area contributed by atoms with Gasteiger partial charge in [-0.05, 0) is 25.5 Å². The van der Waals surface area contributed by atoms with Gasteiger partial charge < -0.3 is 9.26 Å². The lowest BCUT2D eigenvalue weighted by Gasteiger charge is -2.08. The molecule has 1 unspecified atom stereocenters. The van der Waals surface area contributed by atoms with Crippen LogP contribution in [0.5, 0.6) is 0 Å². The fourth-order valence-electron chi connectivity index (χ4n) is 2.29. The fourth-order valence-corrected chi connectivity index (χ4v) is 2.29. The van der Waals surface area contributed by atoms with Crippen molar-refractivity contribution in [3.63, 3.8) is 0 Å². The maximum atomic E-state index is 12.1. The molecule has 0 amide bonds. The van der Waals surface area contributed by atoms with Gasteiger partial charge in [-0.15, -0.1) is 10.2 Å². The van der Waals surface area contributed by atoms with Gasteiger partial charge >= 0.3 is 5.97 Å². The lowest BCUT2D eigenvalue weighted by atomic mass is 10.1. The minimum absolute atomic E-state index is 0.154. The van der Waals surface area contributed by atoms with Crippen LogP contribution >= 0.6 is 0 Å². The normalized spacial score (nSPS) is 12.1. The fraction of sp³-hybridized carbons (Fsp3) is 0.412. The number of tetrazole rings is 1. The highest BCUT2D eigenvalue weighted by atomic mass is 16.6. The number of benzene rings is 1. The van der Waals surface area contributed by atoms with Gasteiger partial charge in [0.25, 0.3) is 5.89 Å². The van der Waals surface area contributed by atoms with Crippen LogP contribution in [0.15, 0.2) is 28.8 Å². The Morgan fingerprint density at radius 1 is 1.31 bits per heavy atom. The Balaban J connectivity index is 1.58. The Bertz CT molecular complexity index is 871. The van der Waals surface area contributed by atoms with Crippen LogP contribution in [0.3, 0.4) is 0 Å². The van der Waals surface area contributed by atoms with Crippen molar-refractivity contribution in [2.24, 2.45) is 0 Å². The van der Waals surface area contributed by atoms with Crippen molar-refractivity contribution in [2.75, 3.05) is 0 Å². The molecule has 1 aromatic carbocycles. The predicted molar refractivity (Wildman–Crippen MR) is 90.8 cm³/mol. The van der Waals surface area contributed by atoms with Crippen molar-refractivity contribution in [3.05, 3.63) is 41.5 Å². The van der Waals surface area contributed by atoms with E-state index in [1.165, 1.54) is 4.80 Å². The first-order chi connectivity index (χ1) is 12.5. The number of nitrogens with zero attached hydrogens (tertiary/aromatic N) is 6. The predicted octanol–water partition coefficient (Wildman–Crippen LogP) is 2.29. The molecule has 0 saturated heterocycles. The molecule has 1 atom stereocenters. The number of ether oxygens (including phenoxy) is 1. The van der Waals surface area contributed by atoms with Crippen LogP contribution in [0, 0.1) is 6.92 Å². The number of hydrogen-bond donors (Lipinski definition) is 0. The highest BCUT2D eigenvalue weighted by Crippen LogP contribution is 2.16. The van der Waals surface area contributed by atoms with Crippen LogP contribution < -0.4 is 0 Å². The third-order valence-electron chi connectivity index (χ3n) is 3.65. The second-order valence-electron chi connectivity index (χ2n) is 5.94. The Morgan fingerprint density at radius 3 is 2.81 bits per heavy atom. The number of hydrogen-bond acceptors (Lipinski definition) is 8. The molecule has 0 fully saturated rings. The second kappa shape index (κ2) is 7.85. The van der Waals surface area contributed by atoms with Crippen molar-refractivity contribution >= 4 is 5.97 Å². The molecule has 2 aromatic heterocycles. The summed E-state index contributed by atoms with van der Waals surface area (Å²) >= 11 is 0. The first kappa shape index (κ1) is 17.7. The van der Waals surface area contributed by atoms with E-state index < -0.39 is 12.1 Å². The Morgan fingerprint density at radius 2 is 2.08 bits per heavy atom. The monoisotopic (exact) mass is 356 g/mol. The highest BCUT2D eigenvalue weighted by molar-refractivity contribution is 5.69. The van der Waals surface area contributed by atoms with Crippen molar-refractivity contribution < 1.29 is 14.1 Å². The van der Waals surface area contributed by atoms with E-state index in [1.807, 2.05) is 38.1 Å². The summed E-state index contributed by atoms with van der Waals surface area (Å²) in [6, 6.07) is 7.73. The topological polar surface area (TPSA) is 109 Å². The first-order valence-electron chi connectivity index (χ1n) is 8.42. The van der Waals surface area contributed by atoms with E-state index in [0.717, 1.165) is 24.0 Å². The summed E-state index contributed by atoms with van der Waals surface area (Å²) in [5.74, 6) is 0.812. The molecule has 0 radical (unpaired) electrons. The van der Waals surface area contributed by atoms with E-state index in [1.54, 1.807) is 6.92 Å². The average Bonchev–Trinajstić information content (AvgIpc) is 3.25. The molecule has 0 N–H and O–H groups in total. The van der Waals surface area contributed by atoms with Gasteiger partial charge in [-0.2, -0.15) is 9.78 Å². The van der Waals surface area contributed by atoms with Crippen molar-refractivity contribution in [3.8, 4) is 11.4 Å². The minimum Gasteiger partial charge on any atom is -0.451 e. The van der Waals surface area contributed by atoms with Gasteiger partial charge in [-0.3, -0.25) is 0 Å². The molecule has 0 aliphatic rings. The molecule has 9 nitrogen and oxygen atoms in total. The summed E-state index contributed by atoms with van der Waals surface area (Å²) < 4.78 is 10.4. The van der Waals surface area contributed by atoms with E-state index >= 15 is 0 Å². The summed E-state index contributed by atoms with van der Waals surface area (Å²) in [5.41, 5.74) is 1.97. The molecule has 0 aliphatic carbocycles. The molecule has 0 aliphatic heterocycles. The van der Waals surface area contributed by atoms with Gasteiger partial charge in [-0.25, -0.2) is 4.79 Å². The van der Waals surface area contributed by atoms with E-state index in [9.17, 15) is 4.79 Å². The van der Waals surface area contributed by atoms with Crippen LogP contribution in [0.1, 0.15) is 43.7 Å². The van der Waals surface area contributed by atoms with Crippen LogP contribution in [-0.2, 0) is 22.5 Å². The van der Waals surface area contributed by atoms with E-state index in [4.69, 9.17) is 9.26 Å². The highest BCUT2D eigenvalue weighted by Gasteiger charge is 2.19. The van der Waals surface area contributed by atoms with Gasteiger partial charge in [-0.1, -0.05) is 41.9 Å². The number of aryl methyl sites for hydroxylation is 2. The molecular formula is C17H20N6O3. The third-order valence-corrected chi connectivity index (χ3v) is 3.65. The Hall–Kier alpha value is -3.10. The van der Waals surface area contributed by atoms with Crippen LogP contribution in [0.25, 0.3) is 11.4 Å². The van der Waals surface area contributed by atoms with Crippen molar-refractivity contribution in [2.45, 2.75) is 46.3 Å². The molecule has 2 heterocycles. The number of carbonyl (C=O) groups is 1. The van der Waals surface area contributed by atoms with Crippen LogP contribution in [0.4, 0.5) is 0 Å². The summed E-state index contributed by atoms with van der Waals surface area (Å²) in [5, 5.41) is 15.9. The van der Waals surface area contributed by atoms with E-state index in [0.29, 0.717) is 11.6 Å². The first-order valence-corrected chi connectivity index (χ1v) is 8.42. The molecule has 3 aromatic rings. The Labute approximate surface area is 150 Å². The largest absolute Gasteiger partial charge is 0.451 e. The summed E-state index contributed by atoms with van der Waals surface area (Å²) in [6.07, 6.45) is 0.990. The third kappa shape index (κ3) is 4.29. The minimum atomic E-state index is -0.638. The SMILES string of the molecule is CCCc1noc(C(C)OC(=O)Cn2nnc(-c3ccc(C)cc3)n2)n1. The van der Waals surface area contributed by atoms with Gasteiger partial charge in [0.2, 0.25) is 5.82 Å². The zero-order valence-corrected chi connectivity index (χ0v) is 14.9. The maximum Gasteiger partial charge on any atom is 0.330 e. The molecule has 0 spiro atoms. The molecule has 26 heavy (non-hydrogen) atoms. The summed E-state index contributed by atoms with van der Waals surface area (Å²) in [7, 11) is 0. The number of carbonyl (C=O) groups excluding carboxylic acids is 1. The smallest absolute Gasteiger partial charge is 0.330 e. The number of esters is 1. The quantitative estimate of drug-likeness (QED) is 0.593. The van der Waals surface area contributed by atoms with Crippen LogP contribution in [-0.4, -0.2) is 36.3 Å². The summed E-state index contributed by atoms with van der Waals surface area (Å²) in [4.78, 5) is 17.5. The zero-order valence-electron chi connectivity index (χ0n) is 14.9. The number of aromatic nitrogens is 6. The van der Waals surface area contributed by atoms with Crippen molar-refractivity contribution in [1.29, 1.82) is 0 Å². The lowest BCUT2D eigenvalue weighted by molar-refractivity contribution is -0.151. The van der Waals surface area contributed by atoms with Crippen molar-refractivity contribution in [1.82, 2.24) is 30.3 Å². The van der Waals surface area contributed by atoms with Gasteiger partial charge in [0.1, 0.15) is 0 Å². The van der Waals surface area contributed by atoms with Gasteiger partial charge in [0.15, 0.2) is 18.5 Å². The maximum absolute atomic E-state index is 12.1. The van der Waals surface area contributed by atoms with Crippen LogP contribution in [0.2, 0.25) is 0 Å². The second-order valence-corrected chi connectivity index (χ2v) is 5.94. The molecule has 0 saturated carbocycles. The molecular weight excluding hydrogens is 336 g/mol. The molecule has 9 heteroatoms. The average molecular weight is 356 g/mol. The standard InChI is InChI=1S/C17H20N6O3/c1-4-5-14-18-17(26-21-14)12(3)25-15(24)10-23-20-16(19-22-23)13-8-6-11(2)7-9-13/h6-9,12H,4-5,10H2,1-3H3. The lowest BCUT2D eigenvalue weighted by Crippen LogP contribution is -2.17. The van der Waals surface area contributed by atoms with Gasteiger partial charge in [0, 0.05) is 12.0 Å². The molecule has 136 valence electrons. The van der Waals surface area contributed by atoms with E-state index in [-0.39, 0.29) is 12.4 Å². The number of rotatable bonds is 7. The van der Waals surface area contributed by atoms with Gasteiger partial charge in [0.05, 0.1) is 0 Å². The molecule has 0 bridgehead atoms. The van der Waals surface area contributed by atoms with E-state index in [2.05, 4.69) is 25.6 Å².